The fourth-order valence-electron chi connectivity index (χ4n) is 3.42. The fraction of sp³-hybridized carbons (Fsp3) is 0.318. The van der Waals surface area contributed by atoms with E-state index in [0.29, 0.717) is 0 Å². The van der Waals surface area contributed by atoms with Gasteiger partial charge in [0, 0.05) is 24.7 Å². The third kappa shape index (κ3) is 4.71. The van der Waals surface area contributed by atoms with Gasteiger partial charge in [0.1, 0.15) is 5.69 Å². The van der Waals surface area contributed by atoms with Crippen molar-refractivity contribution in [2.75, 3.05) is 16.8 Å². The molecule has 1 aliphatic rings. The molecule has 2 unspecified atom stereocenters. The Kier molecular flexibility index (Phi) is 6.33. The van der Waals surface area contributed by atoms with Crippen molar-refractivity contribution < 1.29 is 24.0 Å². The van der Waals surface area contributed by atoms with Crippen LogP contribution < -0.4 is 10.2 Å². The number of carbonyl (C=O) groups is 3. The lowest BCUT2D eigenvalue weighted by Crippen LogP contribution is -2.33. The number of rotatable bonds is 6. The van der Waals surface area contributed by atoms with Gasteiger partial charge in [-0.25, -0.2) is 0 Å². The zero-order chi connectivity index (χ0) is 22.7. The first-order valence-electron chi connectivity index (χ1n) is 9.80. The topological polar surface area (TPSA) is 119 Å². The van der Waals surface area contributed by atoms with Gasteiger partial charge in [-0.3, -0.25) is 24.5 Å². The lowest BCUT2D eigenvalue weighted by Gasteiger charge is -2.20. The highest BCUT2D eigenvalue weighted by atomic mass is 16.6. The molecule has 2 aromatic carbocycles. The number of benzene rings is 2. The molecule has 1 N–H and O–H groups in total. The van der Waals surface area contributed by atoms with E-state index in [1.54, 1.807) is 11.0 Å². The van der Waals surface area contributed by atoms with Crippen molar-refractivity contribution in [3.05, 3.63) is 63.7 Å². The molecule has 1 aliphatic heterocycles. The highest BCUT2D eigenvalue weighted by molar-refractivity contribution is 6.01. The first-order chi connectivity index (χ1) is 14.7. The van der Waals surface area contributed by atoms with E-state index >= 15 is 0 Å². The van der Waals surface area contributed by atoms with Crippen LogP contribution in [0.4, 0.5) is 17.1 Å². The number of esters is 1. The maximum absolute atomic E-state index is 12.6. The summed E-state index contributed by atoms with van der Waals surface area (Å²) in [7, 11) is 0. The molecule has 9 heteroatoms. The average Bonchev–Trinajstić information content (AvgIpc) is 3.11. The summed E-state index contributed by atoms with van der Waals surface area (Å²) < 4.78 is 5.26. The molecule has 0 aromatic heterocycles. The molecule has 0 radical (unpaired) electrons. The third-order valence-corrected chi connectivity index (χ3v) is 5.35. The minimum Gasteiger partial charge on any atom is -0.452 e. The number of nitro benzene ring substituents is 1. The quantitative estimate of drug-likeness (QED) is 0.431. The molecule has 0 bridgehead atoms. The summed E-state index contributed by atoms with van der Waals surface area (Å²) in [5.41, 5.74) is 2.50. The average molecular weight is 425 g/mol. The molecule has 9 nitrogen and oxygen atoms in total. The zero-order valence-corrected chi connectivity index (χ0v) is 17.5. The summed E-state index contributed by atoms with van der Waals surface area (Å²) >= 11 is 0. The van der Waals surface area contributed by atoms with Crippen LogP contribution in [0.25, 0.3) is 0 Å². The maximum Gasteiger partial charge on any atom is 0.312 e. The van der Waals surface area contributed by atoms with Crippen LogP contribution in [-0.2, 0) is 19.1 Å². The number of anilines is 2. The Bertz CT molecular complexity index is 1050. The smallest absolute Gasteiger partial charge is 0.312 e. The van der Waals surface area contributed by atoms with Gasteiger partial charge in [0.05, 0.1) is 10.8 Å². The predicted molar refractivity (Wildman–Crippen MR) is 114 cm³/mol. The van der Waals surface area contributed by atoms with Gasteiger partial charge in [-0.1, -0.05) is 24.3 Å². The molecule has 1 fully saturated rings. The van der Waals surface area contributed by atoms with Crippen molar-refractivity contribution >= 4 is 34.8 Å². The molecule has 1 heterocycles. The summed E-state index contributed by atoms with van der Waals surface area (Å²) in [4.78, 5) is 49.5. The second-order valence-corrected chi connectivity index (χ2v) is 7.47. The summed E-state index contributed by atoms with van der Waals surface area (Å²) in [6, 6.07) is 11.3. The largest absolute Gasteiger partial charge is 0.452 e. The molecule has 2 amide bonds. The van der Waals surface area contributed by atoms with E-state index in [9.17, 15) is 24.5 Å². The van der Waals surface area contributed by atoms with Crippen LogP contribution in [0.15, 0.2) is 42.5 Å². The maximum atomic E-state index is 12.6. The summed E-state index contributed by atoms with van der Waals surface area (Å²) in [5.74, 6) is -2.24. The minimum absolute atomic E-state index is 0.00921. The summed E-state index contributed by atoms with van der Waals surface area (Å²) in [6.07, 6.45) is -1.19. The van der Waals surface area contributed by atoms with Crippen molar-refractivity contribution in [1.29, 1.82) is 0 Å². The van der Waals surface area contributed by atoms with Gasteiger partial charge >= 0.3 is 5.97 Å². The Balaban J connectivity index is 1.64. The molecule has 0 aliphatic carbocycles. The second-order valence-electron chi connectivity index (χ2n) is 7.47. The van der Waals surface area contributed by atoms with Gasteiger partial charge in [-0.2, -0.15) is 0 Å². The molecule has 2 atom stereocenters. The van der Waals surface area contributed by atoms with E-state index < -0.39 is 28.8 Å². The van der Waals surface area contributed by atoms with Crippen molar-refractivity contribution in [3.8, 4) is 0 Å². The van der Waals surface area contributed by atoms with E-state index in [1.807, 2.05) is 32.0 Å². The Morgan fingerprint density at radius 2 is 1.90 bits per heavy atom. The first kappa shape index (κ1) is 21.9. The van der Waals surface area contributed by atoms with Crippen LogP contribution in [0.5, 0.6) is 0 Å². The molecular weight excluding hydrogens is 402 g/mol. The van der Waals surface area contributed by atoms with Gasteiger partial charge in [0.25, 0.3) is 11.6 Å². The van der Waals surface area contributed by atoms with E-state index in [0.717, 1.165) is 16.8 Å². The van der Waals surface area contributed by atoms with Crippen LogP contribution in [0.2, 0.25) is 0 Å². The van der Waals surface area contributed by atoms with Crippen molar-refractivity contribution in [1.82, 2.24) is 0 Å². The predicted octanol–water partition coefficient (Wildman–Crippen LogP) is 3.13. The van der Waals surface area contributed by atoms with Gasteiger partial charge in [0.2, 0.25) is 5.91 Å². The normalized spacial score (nSPS) is 16.7. The molecular formula is C22H23N3O6. The number of carbonyl (C=O) groups excluding carboxylic acids is 3. The Labute approximate surface area is 179 Å². The van der Waals surface area contributed by atoms with Crippen LogP contribution in [0.3, 0.4) is 0 Å². The van der Waals surface area contributed by atoms with Gasteiger partial charge in [-0.15, -0.1) is 0 Å². The number of para-hydroxylation sites is 2. The standard InChI is InChI=1S/C22H23N3O6/c1-13-7-6-10-18(14(13)2)24-12-16(11-20(24)26)22(28)31-15(3)21(27)23-17-8-4-5-9-19(17)25(29)30/h4-10,15-16H,11-12H2,1-3H3,(H,23,27). The number of ether oxygens (including phenoxy) is 1. The minimum atomic E-state index is -1.18. The third-order valence-electron chi connectivity index (χ3n) is 5.35. The highest BCUT2D eigenvalue weighted by Gasteiger charge is 2.38. The zero-order valence-electron chi connectivity index (χ0n) is 17.5. The van der Waals surface area contributed by atoms with E-state index in [-0.39, 0.29) is 30.2 Å². The number of nitro groups is 1. The number of aryl methyl sites for hydroxylation is 1. The van der Waals surface area contributed by atoms with Crippen LogP contribution in [-0.4, -0.2) is 35.4 Å². The number of nitrogens with zero attached hydrogens (tertiary/aromatic N) is 2. The first-order valence-corrected chi connectivity index (χ1v) is 9.80. The SMILES string of the molecule is Cc1cccc(N2CC(C(=O)OC(C)C(=O)Nc3ccccc3[N+](=O)[O-])CC2=O)c1C. The van der Waals surface area contributed by atoms with Crippen molar-refractivity contribution in [2.24, 2.45) is 5.92 Å². The Hall–Kier alpha value is -3.75. The van der Waals surface area contributed by atoms with E-state index in [1.165, 1.54) is 25.1 Å². The monoisotopic (exact) mass is 425 g/mol. The lowest BCUT2D eigenvalue weighted by molar-refractivity contribution is -0.383. The summed E-state index contributed by atoms with van der Waals surface area (Å²) in [6.45, 7) is 5.41. The molecule has 0 saturated carbocycles. The second kappa shape index (κ2) is 8.95. The lowest BCUT2D eigenvalue weighted by atomic mass is 10.1. The Morgan fingerprint density at radius 3 is 2.61 bits per heavy atom. The Morgan fingerprint density at radius 1 is 1.19 bits per heavy atom. The molecule has 0 spiro atoms. The number of nitrogens with one attached hydrogen (secondary N) is 1. The van der Waals surface area contributed by atoms with Gasteiger partial charge < -0.3 is 15.0 Å². The van der Waals surface area contributed by atoms with Crippen LogP contribution >= 0.6 is 0 Å². The highest BCUT2D eigenvalue weighted by Crippen LogP contribution is 2.30. The van der Waals surface area contributed by atoms with Crippen molar-refractivity contribution in [3.63, 3.8) is 0 Å². The number of amides is 2. The molecule has 162 valence electrons. The van der Waals surface area contributed by atoms with Crippen molar-refractivity contribution in [2.45, 2.75) is 33.3 Å². The summed E-state index contributed by atoms with van der Waals surface area (Å²) in [5, 5.41) is 13.5. The molecule has 3 rings (SSSR count). The molecule has 1 saturated heterocycles. The van der Waals surface area contributed by atoms with E-state index in [4.69, 9.17) is 4.74 Å². The van der Waals surface area contributed by atoms with E-state index in [2.05, 4.69) is 5.32 Å². The van der Waals surface area contributed by atoms with Gasteiger partial charge in [0.15, 0.2) is 6.10 Å². The molecule has 31 heavy (non-hydrogen) atoms. The fourth-order valence-corrected chi connectivity index (χ4v) is 3.42. The van der Waals surface area contributed by atoms with Crippen LogP contribution in [0, 0.1) is 29.9 Å². The number of hydrogen-bond donors (Lipinski definition) is 1. The number of hydrogen-bond acceptors (Lipinski definition) is 6. The van der Waals surface area contributed by atoms with Gasteiger partial charge in [-0.05, 0) is 44.0 Å². The molecule has 2 aromatic rings. The van der Waals surface area contributed by atoms with Crippen LogP contribution in [0.1, 0.15) is 24.5 Å².